The molecular weight excluding hydrogens is 307 g/mol. The third-order valence-electron chi connectivity index (χ3n) is 4.16. The molecular formula is C18H17FN4O. The van der Waals surface area contributed by atoms with Crippen LogP contribution in [0.1, 0.15) is 28.9 Å². The standard InChI is InChI=1S/C18H17FN4O/c19-16-3-1-2-4-17(16)23-9-7-14(8-10-23)22-18(24)13-5-6-15(11-20)21-12-13/h1-6,12,14H,7-10H2,(H,22,24). The summed E-state index contributed by atoms with van der Waals surface area (Å²) < 4.78 is 13.8. The van der Waals surface area contributed by atoms with Crippen molar-refractivity contribution in [3.05, 3.63) is 59.7 Å². The van der Waals surface area contributed by atoms with Crippen molar-refractivity contribution in [1.29, 1.82) is 5.26 Å². The van der Waals surface area contributed by atoms with E-state index in [1.165, 1.54) is 18.3 Å². The van der Waals surface area contributed by atoms with Gasteiger partial charge in [0.15, 0.2) is 0 Å². The van der Waals surface area contributed by atoms with E-state index in [0.717, 1.165) is 12.8 Å². The molecule has 3 rings (SSSR count). The second-order valence-corrected chi connectivity index (χ2v) is 5.73. The molecule has 0 saturated carbocycles. The van der Waals surface area contributed by atoms with Gasteiger partial charge in [0.2, 0.25) is 0 Å². The van der Waals surface area contributed by atoms with Gasteiger partial charge in [0.05, 0.1) is 11.3 Å². The number of nitrogens with zero attached hydrogens (tertiary/aromatic N) is 3. The second-order valence-electron chi connectivity index (χ2n) is 5.73. The van der Waals surface area contributed by atoms with Gasteiger partial charge in [-0.25, -0.2) is 9.37 Å². The van der Waals surface area contributed by atoms with Crippen molar-refractivity contribution in [3.8, 4) is 6.07 Å². The van der Waals surface area contributed by atoms with E-state index in [2.05, 4.69) is 10.3 Å². The van der Waals surface area contributed by atoms with Gasteiger partial charge in [-0.3, -0.25) is 4.79 Å². The van der Waals surface area contributed by atoms with E-state index in [1.54, 1.807) is 18.2 Å². The lowest BCUT2D eigenvalue weighted by Gasteiger charge is -2.34. The van der Waals surface area contributed by atoms with Crippen LogP contribution in [0.5, 0.6) is 0 Å². The molecule has 0 unspecified atom stereocenters. The Morgan fingerprint density at radius 1 is 1.25 bits per heavy atom. The molecule has 0 bridgehead atoms. The lowest BCUT2D eigenvalue weighted by molar-refractivity contribution is 0.0930. The molecule has 1 aliphatic rings. The summed E-state index contributed by atoms with van der Waals surface area (Å²) in [6, 6.07) is 11.8. The zero-order valence-electron chi connectivity index (χ0n) is 13.1. The molecule has 1 saturated heterocycles. The number of para-hydroxylation sites is 1. The van der Waals surface area contributed by atoms with Crippen molar-refractivity contribution in [2.45, 2.75) is 18.9 Å². The number of aromatic nitrogens is 1. The number of benzene rings is 1. The smallest absolute Gasteiger partial charge is 0.253 e. The van der Waals surface area contributed by atoms with Crippen LogP contribution in [0.2, 0.25) is 0 Å². The Morgan fingerprint density at radius 3 is 2.62 bits per heavy atom. The number of rotatable bonds is 3. The van der Waals surface area contributed by atoms with Gasteiger partial charge in [-0.15, -0.1) is 0 Å². The molecule has 1 fully saturated rings. The van der Waals surface area contributed by atoms with Crippen molar-refractivity contribution in [1.82, 2.24) is 10.3 Å². The minimum atomic E-state index is -0.219. The third-order valence-corrected chi connectivity index (χ3v) is 4.16. The number of hydrogen-bond acceptors (Lipinski definition) is 4. The Morgan fingerprint density at radius 2 is 2.00 bits per heavy atom. The number of nitriles is 1. The number of halogens is 1. The minimum Gasteiger partial charge on any atom is -0.369 e. The van der Waals surface area contributed by atoms with E-state index in [9.17, 15) is 9.18 Å². The first-order valence-electron chi connectivity index (χ1n) is 7.84. The minimum absolute atomic E-state index is 0.0520. The fourth-order valence-corrected chi connectivity index (χ4v) is 2.84. The molecule has 122 valence electrons. The average Bonchev–Trinajstić information content (AvgIpc) is 2.63. The monoisotopic (exact) mass is 324 g/mol. The molecule has 0 radical (unpaired) electrons. The molecule has 6 heteroatoms. The highest BCUT2D eigenvalue weighted by Gasteiger charge is 2.22. The van der Waals surface area contributed by atoms with Crippen molar-refractivity contribution in [2.24, 2.45) is 0 Å². The van der Waals surface area contributed by atoms with E-state index in [1.807, 2.05) is 17.0 Å². The van der Waals surface area contributed by atoms with Gasteiger partial charge in [0.25, 0.3) is 5.91 Å². The van der Waals surface area contributed by atoms with E-state index < -0.39 is 0 Å². The largest absolute Gasteiger partial charge is 0.369 e. The number of amides is 1. The summed E-state index contributed by atoms with van der Waals surface area (Å²) in [6.07, 6.45) is 2.91. The molecule has 1 amide bonds. The fourth-order valence-electron chi connectivity index (χ4n) is 2.84. The van der Waals surface area contributed by atoms with Crippen LogP contribution in [-0.2, 0) is 0 Å². The van der Waals surface area contributed by atoms with Crippen LogP contribution >= 0.6 is 0 Å². The average molecular weight is 324 g/mol. The zero-order valence-corrected chi connectivity index (χ0v) is 13.1. The quantitative estimate of drug-likeness (QED) is 0.942. The van der Waals surface area contributed by atoms with Crippen LogP contribution < -0.4 is 10.2 Å². The van der Waals surface area contributed by atoms with E-state index in [0.29, 0.717) is 24.3 Å². The van der Waals surface area contributed by atoms with Crippen LogP contribution in [0.25, 0.3) is 0 Å². The van der Waals surface area contributed by atoms with Crippen molar-refractivity contribution in [3.63, 3.8) is 0 Å². The van der Waals surface area contributed by atoms with Crippen molar-refractivity contribution >= 4 is 11.6 Å². The van der Waals surface area contributed by atoms with Gasteiger partial charge < -0.3 is 10.2 Å². The van der Waals surface area contributed by atoms with Crippen LogP contribution in [0, 0.1) is 17.1 Å². The van der Waals surface area contributed by atoms with E-state index in [-0.39, 0.29) is 23.5 Å². The summed E-state index contributed by atoms with van der Waals surface area (Å²) in [6.45, 7) is 1.38. The summed E-state index contributed by atoms with van der Waals surface area (Å²) in [7, 11) is 0. The maximum atomic E-state index is 13.8. The predicted octanol–water partition coefficient (Wildman–Crippen LogP) is 2.49. The third kappa shape index (κ3) is 3.51. The zero-order chi connectivity index (χ0) is 16.9. The van der Waals surface area contributed by atoms with Crippen LogP contribution in [0.3, 0.4) is 0 Å². The van der Waals surface area contributed by atoms with Crippen LogP contribution in [0.15, 0.2) is 42.6 Å². The highest BCUT2D eigenvalue weighted by atomic mass is 19.1. The van der Waals surface area contributed by atoms with Crippen LogP contribution in [0.4, 0.5) is 10.1 Å². The van der Waals surface area contributed by atoms with Gasteiger partial charge in [-0.2, -0.15) is 5.26 Å². The van der Waals surface area contributed by atoms with Crippen LogP contribution in [-0.4, -0.2) is 30.0 Å². The summed E-state index contributed by atoms with van der Waals surface area (Å²) in [5.74, 6) is -0.417. The fraction of sp³-hybridized carbons (Fsp3) is 0.278. The summed E-state index contributed by atoms with van der Waals surface area (Å²) in [5, 5.41) is 11.7. The second kappa shape index (κ2) is 7.09. The molecule has 0 atom stereocenters. The Balaban J connectivity index is 1.56. The molecule has 24 heavy (non-hydrogen) atoms. The SMILES string of the molecule is N#Cc1ccc(C(=O)NC2CCN(c3ccccc3F)CC2)cn1. The molecule has 0 spiro atoms. The predicted molar refractivity (Wildman–Crippen MR) is 88.1 cm³/mol. The maximum absolute atomic E-state index is 13.8. The molecule has 2 heterocycles. The van der Waals surface area contributed by atoms with Crippen molar-refractivity contribution < 1.29 is 9.18 Å². The van der Waals surface area contributed by atoms with Gasteiger partial charge >= 0.3 is 0 Å². The highest BCUT2D eigenvalue weighted by Crippen LogP contribution is 2.23. The molecule has 1 aromatic carbocycles. The topological polar surface area (TPSA) is 69.0 Å². The summed E-state index contributed by atoms with van der Waals surface area (Å²) in [4.78, 5) is 18.1. The lowest BCUT2D eigenvalue weighted by Crippen LogP contribution is -2.45. The Kier molecular flexibility index (Phi) is 4.71. The maximum Gasteiger partial charge on any atom is 0.253 e. The molecule has 0 aliphatic carbocycles. The van der Waals surface area contributed by atoms with Gasteiger partial charge in [0, 0.05) is 25.3 Å². The van der Waals surface area contributed by atoms with Gasteiger partial charge in [-0.1, -0.05) is 12.1 Å². The molecule has 1 aromatic heterocycles. The van der Waals surface area contributed by atoms with Crippen molar-refractivity contribution in [2.75, 3.05) is 18.0 Å². The number of anilines is 1. The molecule has 5 nitrogen and oxygen atoms in total. The normalized spacial score (nSPS) is 14.9. The number of pyridine rings is 1. The molecule has 1 aliphatic heterocycles. The number of carbonyl (C=O) groups is 1. The summed E-state index contributed by atoms with van der Waals surface area (Å²) >= 11 is 0. The number of piperidine rings is 1. The number of carbonyl (C=O) groups excluding carboxylic acids is 1. The first-order chi connectivity index (χ1) is 11.7. The van der Waals surface area contributed by atoms with E-state index in [4.69, 9.17) is 5.26 Å². The summed E-state index contributed by atoms with van der Waals surface area (Å²) in [5.41, 5.74) is 1.33. The molecule has 2 aromatic rings. The van der Waals surface area contributed by atoms with E-state index >= 15 is 0 Å². The van der Waals surface area contributed by atoms with Gasteiger partial charge in [0.1, 0.15) is 17.6 Å². The Labute approximate surface area is 139 Å². The first-order valence-corrected chi connectivity index (χ1v) is 7.84. The first kappa shape index (κ1) is 15.9. The lowest BCUT2D eigenvalue weighted by atomic mass is 10.0. The highest BCUT2D eigenvalue weighted by molar-refractivity contribution is 5.94. The van der Waals surface area contributed by atoms with Gasteiger partial charge in [-0.05, 0) is 37.1 Å². The Hall–Kier alpha value is -2.94. The number of nitrogens with one attached hydrogen (secondary N) is 1. The Bertz CT molecular complexity index is 761. The molecule has 1 N–H and O–H groups in total. The number of hydrogen-bond donors (Lipinski definition) is 1.